The number of hydrogen-bond donors (Lipinski definition) is 1. The number of benzene rings is 1. The molecule has 1 amide bonds. The van der Waals surface area contributed by atoms with Crippen molar-refractivity contribution < 1.29 is 4.79 Å². The van der Waals surface area contributed by atoms with Gasteiger partial charge in [0.1, 0.15) is 5.65 Å². The normalized spacial score (nSPS) is 11.3. The van der Waals surface area contributed by atoms with Gasteiger partial charge in [-0.2, -0.15) is 0 Å². The first-order valence-electron chi connectivity index (χ1n) is 7.23. The van der Waals surface area contributed by atoms with Gasteiger partial charge < -0.3 is 5.32 Å². The van der Waals surface area contributed by atoms with Crippen LogP contribution < -0.4 is 5.32 Å². The van der Waals surface area contributed by atoms with E-state index in [0.717, 1.165) is 22.5 Å². The zero-order chi connectivity index (χ0) is 16.4. The molecule has 0 bridgehead atoms. The second-order valence-electron chi connectivity index (χ2n) is 5.36. The number of hydrogen-bond acceptors (Lipinski definition) is 2. The van der Waals surface area contributed by atoms with E-state index in [2.05, 4.69) is 10.3 Å². The number of rotatable bonds is 3. The average Bonchev–Trinajstić information content (AvgIpc) is 2.84. The zero-order valence-electron chi connectivity index (χ0n) is 12.9. The predicted molar refractivity (Wildman–Crippen MR) is 93.8 cm³/mol. The Morgan fingerprint density at radius 3 is 2.91 bits per heavy atom. The third kappa shape index (κ3) is 3.27. The van der Waals surface area contributed by atoms with E-state index in [-0.39, 0.29) is 5.91 Å². The fourth-order valence-electron chi connectivity index (χ4n) is 2.33. The molecule has 4 nitrogen and oxygen atoms in total. The van der Waals surface area contributed by atoms with Crippen LogP contribution in [0.1, 0.15) is 16.8 Å². The molecule has 0 saturated carbocycles. The van der Waals surface area contributed by atoms with Crippen molar-refractivity contribution in [3.05, 3.63) is 70.6 Å². The quantitative estimate of drug-likeness (QED) is 0.731. The fraction of sp³-hybridized carbons (Fsp3) is 0.111. The first-order chi connectivity index (χ1) is 11.0. The van der Waals surface area contributed by atoms with E-state index < -0.39 is 0 Å². The van der Waals surface area contributed by atoms with Crippen LogP contribution in [-0.4, -0.2) is 15.3 Å². The van der Waals surface area contributed by atoms with Crippen LogP contribution in [-0.2, 0) is 4.79 Å². The Hall–Kier alpha value is -2.59. The van der Waals surface area contributed by atoms with E-state index in [1.807, 2.05) is 60.8 Å². The van der Waals surface area contributed by atoms with E-state index in [4.69, 9.17) is 11.6 Å². The topological polar surface area (TPSA) is 46.4 Å². The smallest absolute Gasteiger partial charge is 0.248 e. The number of fused-ring (bicyclic) bond motifs is 1. The summed E-state index contributed by atoms with van der Waals surface area (Å²) in [6.45, 7) is 3.95. The van der Waals surface area contributed by atoms with Crippen molar-refractivity contribution in [2.24, 2.45) is 0 Å². The molecule has 3 aromatic rings. The number of aromatic nitrogens is 2. The number of carbonyl (C=O) groups is 1. The van der Waals surface area contributed by atoms with Crippen molar-refractivity contribution >= 4 is 34.9 Å². The van der Waals surface area contributed by atoms with Crippen LogP contribution in [0.15, 0.2) is 48.7 Å². The highest BCUT2D eigenvalue weighted by molar-refractivity contribution is 6.31. The van der Waals surface area contributed by atoms with E-state index in [0.29, 0.717) is 10.8 Å². The highest BCUT2D eigenvalue weighted by atomic mass is 35.5. The minimum absolute atomic E-state index is 0.208. The summed E-state index contributed by atoms with van der Waals surface area (Å²) in [6.07, 6.45) is 4.99. The van der Waals surface area contributed by atoms with Crippen LogP contribution in [0, 0.1) is 13.8 Å². The van der Waals surface area contributed by atoms with Gasteiger partial charge in [0.2, 0.25) is 5.91 Å². The second-order valence-corrected chi connectivity index (χ2v) is 5.72. The van der Waals surface area contributed by atoms with Crippen LogP contribution in [0.2, 0.25) is 5.15 Å². The van der Waals surface area contributed by atoms with Gasteiger partial charge in [-0.05, 0) is 49.2 Å². The lowest BCUT2D eigenvalue weighted by Gasteiger charge is -2.07. The molecule has 0 radical (unpaired) electrons. The molecule has 3 rings (SSSR count). The molecule has 1 N–H and O–H groups in total. The van der Waals surface area contributed by atoms with E-state index in [1.54, 1.807) is 6.08 Å². The van der Waals surface area contributed by atoms with Crippen LogP contribution in [0.4, 0.5) is 5.69 Å². The molecular formula is C18H16ClN3O. The van der Waals surface area contributed by atoms with E-state index in [9.17, 15) is 4.79 Å². The summed E-state index contributed by atoms with van der Waals surface area (Å²) in [7, 11) is 0. The van der Waals surface area contributed by atoms with Gasteiger partial charge in [0.15, 0.2) is 5.15 Å². The molecule has 0 unspecified atom stereocenters. The van der Waals surface area contributed by atoms with Crippen LogP contribution >= 0.6 is 11.6 Å². The lowest BCUT2D eigenvalue weighted by Crippen LogP contribution is -2.09. The summed E-state index contributed by atoms with van der Waals surface area (Å²) in [4.78, 5) is 16.4. The highest BCUT2D eigenvalue weighted by Gasteiger charge is 2.08. The summed E-state index contributed by atoms with van der Waals surface area (Å²) < 4.78 is 1.84. The number of amides is 1. The molecule has 0 saturated heterocycles. The third-order valence-electron chi connectivity index (χ3n) is 3.57. The minimum atomic E-state index is -0.208. The number of carbonyl (C=O) groups excluding carboxylic acids is 1. The Balaban J connectivity index is 1.83. The van der Waals surface area contributed by atoms with Crippen LogP contribution in [0.5, 0.6) is 0 Å². The van der Waals surface area contributed by atoms with Crippen molar-refractivity contribution in [3.63, 3.8) is 0 Å². The van der Waals surface area contributed by atoms with Gasteiger partial charge in [0.05, 0.1) is 5.69 Å². The molecule has 1 aromatic carbocycles. The van der Waals surface area contributed by atoms with Crippen LogP contribution in [0.25, 0.3) is 11.7 Å². The maximum Gasteiger partial charge on any atom is 0.248 e. The first kappa shape index (κ1) is 15.3. The highest BCUT2D eigenvalue weighted by Crippen LogP contribution is 2.19. The largest absolute Gasteiger partial charge is 0.322 e. The maximum absolute atomic E-state index is 12.1. The fourth-order valence-corrected chi connectivity index (χ4v) is 2.58. The molecule has 0 aliphatic heterocycles. The Bertz CT molecular complexity index is 912. The maximum atomic E-state index is 12.1. The molecule has 5 heteroatoms. The van der Waals surface area contributed by atoms with Crippen molar-refractivity contribution in [1.82, 2.24) is 9.38 Å². The molecule has 0 atom stereocenters. The van der Waals surface area contributed by atoms with Gasteiger partial charge in [-0.15, -0.1) is 0 Å². The number of nitrogens with zero attached hydrogens (tertiary/aromatic N) is 2. The zero-order valence-corrected chi connectivity index (χ0v) is 13.6. The van der Waals surface area contributed by atoms with Crippen molar-refractivity contribution in [2.75, 3.05) is 5.32 Å². The Morgan fingerprint density at radius 2 is 2.09 bits per heavy atom. The number of anilines is 1. The predicted octanol–water partition coefficient (Wildman–Crippen LogP) is 4.26. The monoisotopic (exact) mass is 325 g/mol. The van der Waals surface area contributed by atoms with Gasteiger partial charge in [0.25, 0.3) is 0 Å². The molecule has 0 spiro atoms. The number of imidazole rings is 1. The van der Waals surface area contributed by atoms with Crippen LogP contribution in [0.3, 0.4) is 0 Å². The second kappa shape index (κ2) is 6.26. The number of aryl methyl sites for hydroxylation is 2. The molecule has 2 heterocycles. The third-order valence-corrected chi connectivity index (χ3v) is 3.84. The molecule has 0 aliphatic rings. The van der Waals surface area contributed by atoms with Gasteiger partial charge in [-0.1, -0.05) is 29.8 Å². The summed E-state index contributed by atoms with van der Waals surface area (Å²) in [5.74, 6) is -0.208. The first-order valence-corrected chi connectivity index (χ1v) is 7.61. The summed E-state index contributed by atoms with van der Waals surface area (Å²) in [5, 5.41) is 3.25. The molecule has 0 aliphatic carbocycles. The lowest BCUT2D eigenvalue weighted by atomic mass is 10.1. The van der Waals surface area contributed by atoms with E-state index in [1.165, 1.54) is 6.08 Å². The van der Waals surface area contributed by atoms with Gasteiger partial charge >= 0.3 is 0 Å². The van der Waals surface area contributed by atoms with Crippen molar-refractivity contribution in [1.29, 1.82) is 0 Å². The Labute approximate surface area is 139 Å². The Kier molecular flexibility index (Phi) is 4.17. The Morgan fingerprint density at radius 1 is 1.26 bits per heavy atom. The molecule has 0 fully saturated rings. The van der Waals surface area contributed by atoms with Gasteiger partial charge in [-0.25, -0.2) is 4.98 Å². The number of pyridine rings is 1. The van der Waals surface area contributed by atoms with E-state index >= 15 is 0 Å². The summed E-state index contributed by atoms with van der Waals surface area (Å²) >= 11 is 6.14. The molecular weight excluding hydrogens is 310 g/mol. The summed E-state index contributed by atoms with van der Waals surface area (Å²) in [6, 6.07) is 11.6. The number of nitrogens with one attached hydrogen (secondary N) is 1. The minimum Gasteiger partial charge on any atom is -0.322 e. The molecule has 2 aromatic heterocycles. The number of halogens is 1. The standard InChI is InChI=1S/C18H16ClN3O/c1-12-6-7-13(2)14(11-12)20-17(23)9-8-15-18(19)21-16-5-3-4-10-22(15)16/h3-11H,1-2H3,(H,20,23)/b9-8+. The van der Waals surface area contributed by atoms with Gasteiger partial charge in [0, 0.05) is 18.0 Å². The summed E-state index contributed by atoms with van der Waals surface area (Å²) in [5.41, 5.74) is 4.35. The van der Waals surface area contributed by atoms with Crippen molar-refractivity contribution in [3.8, 4) is 0 Å². The van der Waals surface area contributed by atoms with Crippen molar-refractivity contribution in [2.45, 2.75) is 13.8 Å². The SMILES string of the molecule is Cc1ccc(C)c(NC(=O)/C=C/c2c(Cl)nc3ccccn23)c1. The molecule has 23 heavy (non-hydrogen) atoms. The van der Waals surface area contributed by atoms with Gasteiger partial charge in [-0.3, -0.25) is 9.20 Å². The average molecular weight is 326 g/mol. The lowest BCUT2D eigenvalue weighted by molar-refractivity contribution is -0.111. The molecule has 116 valence electrons.